The van der Waals surface area contributed by atoms with Gasteiger partial charge >= 0.3 is 0 Å². The lowest BCUT2D eigenvalue weighted by Crippen LogP contribution is -2.15. The smallest absolute Gasteiger partial charge is 0.272 e. The Morgan fingerprint density at radius 1 is 0.923 bits per heavy atom. The minimum absolute atomic E-state index is 0.193. The van der Waals surface area contributed by atoms with Crippen LogP contribution in [0.2, 0.25) is 0 Å². The number of anilines is 3. The van der Waals surface area contributed by atoms with Crippen molar-refractivity contribution >= 4 is 28.7 Å². The van der Waals surface area contributed by atoms with E-state index in [4.69, 9.17) is 10.1 Å². The lowest BCUT2D eigenvalue weighted by molar-refractivity contribution is 0.101. The number of aryl methyl sites for hydroxylation is 1. The molecular weight excluding hydrogens is 488 g/mol. The maximum absolute atomic E-state index is 12.8. The summed E-state index contributed by atoms with van der Waals surface area (Å²) in [5, 5.41) is 20.3. The van der Waals surface area contributed by atoms with Crippen LogP contribution in [0.25, 0.3) is 28.0 Å². The third-order valence-corrected chi connectivity index (χ3v) is 6.27. The molecule has 0 spiro atoms. The molecule has 2 aromatic carbocycles. The maximum atomic E-state index is 12.8. The molecule has 0 aliphatic rings. The SMILES string of the molecule is Cn1cccc1C(=O)Nc1cccc(-c2nn3ccccc3c2-c2ccnc(Nc3cccc(C#N)c3)n2)c1. The van der Waals surface area contributed by atoms with Gasteiger partial charge in [0.2, 0.25) is 5.95 Å². The highest BCUT2D eigenvalue weighted by Crippen LogP contribution is 2.35. The number of fused-ring (bicyclic) bond motifs is 1. The first kappa shape index (κ1) is 23.6. The molecule has 0 unspecified atom stereocenters. The van der Waals surface area contributed by atoms with Gasteiger partial charge in [0.1, 0.15) is 11.4 Å². The molecule has 4 heterocycles. The van der Waals surface area contributed by atoms with E-state index in [1.54, 1.807) is 35.0 Å². The second-order valence-electron chi connectivity index (χ2n) is 8.88. The van der Waals surface area contributed by atoms with Crippen molar-refractivity contribution in [2.75, 3.05) is 10.6 Å². The first-order chi connectivity index (χ1) is 19.1. The summed E-state index contributed by atoms with van der Waals surface area (Å²) < 4.78 is 3.59. The third-order valence-electron chi connectivity index (χ3n) is 6.27. The number of nitrogens with zero attached hydrogens (tertiary/aromatic N) is 6. The molecule has 1 amide bonds. The second-order valence-corrected chi connectivity index (χ2v) is 8.88. The third kappa shape index (κ3) is 4.70. The average molecular weight is 511 g/mol. The van der Waals surface area contributed by atoms with E-state index in [9.17, 15) is 10.1 Å². The van der Waals surface area contributed by atoms with Crippen molar-refractivity contribution in [2.45, 2.75) is 0 Å². The number of nitriles is 1. The second kappa shape index (κ2) is 9.95. The molecule has 4 aromatic heterocycles. The van der Waals surface area contributed by atoms with Crippen molar-refractivity contribution in [3.8, 4) is 28.6 Å². The normalized spacial score (nSPS) is 10.8. The van der Waals surface area contributed by atoms with E-state index in [2.05, 4.69) is 21.7 Å². The van der Waals surface area contributed by atoms with Crippen molar-refractivity contribution in [1.29, 1.82) is 5.26 Å². The van der Waals surface area contributed by atoms with Gasteiger partial charge < -0.3 is 15.2 Å². The van der Waals surface area contributed by atoms with E-state index in [-0.39, 0.29) is 5.91 Å². The summed E-state index contributed by atoms with van der Waals surface area (Å²) in [6, 6.07) is 28.2. The Morgan fingerprint density at radius 2 is 1.79 bits per heavy atom. The average Bonchev–Trinajstić information content (AvgIpc) is 3.57. The van der Waals surface area contributed by atoms with Crippen LogP contribution < -0.4 is 10.6 Å². The highest BCUT2D eigenvalue weighted by atomic mass is 16.1. The van der Waals surface area contributed by atoms with Crippen LogP contribution in [0.15, 0.2) is 104 Å². The molecule has 39 heavy (non-hydrogen) atoms. The Balaban J connectivity index is 1.39. The van der Waals surface area contributed by atoms with Crippen molar-refractivity contribution in [3.63, 3.8) is 0 Å². The van der Waals surface area contributed by atoms with E-state index in [0.717, 1.165) is 16.6 Å². The highest BCUT2D eigenvalue weighted by Gasteiger charge is 2.19. The molecule has 0 bridgehead atoms. The molecule has 6 rings (SSSR count). The zero-order chi connectivity index (χ0) is 26.8. The van der Waals surface area contributed by atoms with Gasteiger partial charge in [-0.1, -0.05) is 24.3 Å². The minimum atomic E-state index is -0.193. The van der Waals surface area contributed by atoms with Gasteiger partial charge in [-0.3, -0.25) is 4.79 Å². The topological polar surface area (TPSA) is 113 Å². The van der Waals surface area contributed by atoms with Crippen molar-refractivity contribution < 1.29 is 4.79 Å². The molecular formula is C30H22N8O. The van der Waals surface area contributed by atoms with Gasteiger partial charge in [-0.05, 0) is 60.7 Å². The number of carbonyl (C=O) groups excluding carboxylic acids is 1. The lowest BCUT2D eigenvalue weighted by Gasteiger charge is -2.09. The highest BCUT2D eigenvalue weighted by molar-refractivity contribution is 6.03. The van der Waals surface area contributed by atoms with Crippen molar-refractivity contribution in [2.24, 2.45) is 7.05 Å². The number of hydrogen-bond acceptors (Lipinski definition) is 6. The van der Waals surface area contributed by atoms with E-state index >= 15 is 0 Å². The molecule has 0 radical (unpaired) electrons. The minimum Gasteiger partial charge on any atom is -0.347 e. The summed E-state index contributed by atoms with van der Waals surface area (Å²) in [4.78, 5) is 22.0. The van der Waals surface area contributed by atoms with E-state index in [1.165, 1.54) is 0 Å². The van der Waals surface area contributed by atoms with Gasteiger partial charge in [0.25, 0.3) is 5.91 Å². The van der Waals surface area contributed by atoms with Gasteiger partial charge in [-0.15, -0.1) is 0 Å². The van der Waals surface area contributed by atoms with Crippen LogP contribution in [0.1, 0.15) is 16.1 Å². The largest absolute Gasteiger partial charge is 0.347 e. The lowest BCUT2D eigenvalue weighted by atomic mass is 10.0. The van der Waals surface area contributed by atoms with Gasteiger partial charge in [-0.25, -0.2) is 14.5 Å². The van der Waals surface area contributed by atoms with E-state index in [1.807, 2.05) is 84.6 Å². The summed E-state index contributed by atoms with van der Waals surface area (Å²) in [6.07, 6.45) is 5.40. The fourth-order valence-electron chi connectivity index (χ4n) is 4.44. The predicted octanol–water partition coefficient (Wildman–Crippen LogP) is 5.66. The number of nitrogens with one attached hydrogen (secondary N) is 2. The number of benzene rings is 2. The van der Waals surface area contributed by atoms with Crippen molar-refractivity contribution in [1.82, 2.24) is 24.1 Å². The molecule has 9 nitrogen and oxygen atoms in total. The van der Waals surface area contributed by atoms with Crippen LogP contribution in [0.4, 0.5) is 17.3 Å². The standard InChI is InChI=1S/C30H22N8O/c1-37-15-6-12-26(37)29(39)33-23-10-5-8-21(18-23)28-27(25-11-2-3-16-38(25)36-28)24-13-14-32-30(35-24)34-22-9-4-7-20(17-22)19-31/h2-18H,1H3,(H,33,39)(H,32,34,35). The maximum Gasteiger partial charge on any atom is 0.272 e. The first-order valence-electron chi connectivity index (χ1n) is 12.2. The molecule has 0 saturated heterocycles. The van der Waals surface area contributed by atoms with Gasteiger partial charge in [-0.2, -0.15) is 10.4 Å². The molecule has 0 aliphatic heterocycles. The van der Waals surface area contributed by atoms with E-state index < -0.39 is 0 Å². The zero-order valence-corrected chi connectivity index (χ0v) is 20.9. The number of hydrogen-bond donors (Lipinski definition) is 2. The van der Waals surface area contributed by atoms with Crippen LogP contribution in [0.3, 0.4) is 0 Å². The number of pyridine rings is 1. The molecule has 0 saturated carbocycles. The summed E-state index contributed by atoms with van der Waals surface area (Å²) in [7, 11) is 1.83. The summed E-state index contributed by atoms with van der Waals surface area (Å²) in [5.41, 5.74) is 6.41. The fourth-order valence-corrected chi connectivity index (χ4v) is 4.44. The Hall–Kier alpha value is -5.75. The Morgan fingerprint density at radius 3 is 2.64 bits per heavy atom. The summed E-state index contributed by atoms with van der Waals surface area (Å²) in [6.45, 7) is 0. The van der Waals surface area contributed by atoms with Gasteiger partial charge in [0.15, 0.2) is 0 Å². The number of carbonyl (C=O) groups is 1. The Labute approximate surface area is 224 Å². The van der Waals surface area contributed by atoms with E-state index in [0.29, 0.717) is 40.0 Å². The van der Waals surface area contributed by atoms with Crippen LogP contribution >= 0.6 is 0 Å². The van der Waals surface area contributed by atoms with Crippen LogP contribution in [-0.4, -0.2) is 30.1 Å². The van der Waals surface area contributed by atoms with Gasteiger partial charge in [0.05, 0.1) is 28.4 Å². The summed E-state index contributed by atoms with van der Waals surface area (Å²) >= 11 is 0. The number of rotatable bonds is 6. The van der Waals surface area contributed by atoms with Crippen LogP contribution in [0, 0.1) is 11.3 Å². The van der Waals surface area contributed by atoms with Crippen LogP contribution in [0.5, 0.6) is 0 Å². The fraction of sp³-hybridized carbons (Fsp3) is 0.0333. The first-order valence-corrected chi connectivity index (χ1v) is 12.2. The molecule has 0 aliphatic carbocycles. The predicted molar refractivity (Wildman–Crippen MR) is 149 cm³/mol. The quantitative estimate of drug-likeness (QED) is 0.299. The number of aromatic nitrogens is 5. The molecule has 0 atom stereocenters. The molecule has 9 heteroatoms. The summed E-state index contributed by atoms with van der Waals surface area (Å²) in [5.74, 6) is 0.203. The molecule has 6 aromatic rings. The van der Waals surface area contributed by atoms with Gasteiger partial charge in [0, 0.05) is 42.6 Å². The number of amides is 1. The van der Waals surface area contributed by atoms with Crippen molar-refractivity contribution in [3.05, 3.63) is 115 Å². The van der Waals surface area contributed by atoms with Crippen LogP contribution in [-0.2, 0) is 7.05 Å². The molecule has 0 fully saturated rings. The molecule has 188 valence electrons. The Bertz CT molecular complexity index is 1880. The monoisotopic (exact) mass is 510 g/mol. The Kier molecular flexibility index (Phi) is 6.03. The zero-order valence-electron chi connectivity index (χ0n) is 20.9. The molecule has 2 N–H and O–H groups in total.